The number of unbranched alkanes of at least 4 members (excludes halogenated alkanes) is 1. The maximum atomic E-state index is 12.1. The molecule has 0 spiro atoms. The zero-order chi connectivity index (χ0) is 35.8. The molecule has 47 heavy (non-hydrogen) atoms. The fourth-order valence-electron chi connectivity index (χ4n) is 4.23. The van der Waals surface area contributed by atoms with Crippen molar-refractivity contribution < 1.29 is 73.1 Å². The number of rotatable bonds is 30. The zero-order valence-electron chi connectivity index (χ0n) is 26.5. The van der Waals surface area contributed by atoms with Crippen molar-refractivity contribution >= 4 is 53.0 Å². The van der Waals surface area contributed by atoms with Crippen LogP contribution in [-0.4, -0.2) is 112 Å². The number of aliphatic carboxylic acids is 4. The lowest BCUT2D eigenvalue weighted by Gasteiger charge is -2.15. The minimum atomic E-state index is -1.56. The second-order valence-corrected chi connectivity index (χ2v) is 10.8. The van der Waals surface area contributed by atoms with Crippen LogP contribution in [0.4, 0.5) is 0 Å². The second-order valence-electron chi connectivity index (χ2n) is 10.8. The van der Waals surface area contributed by atoms with Gasteiger partial charge in [-0.25, -0.2) is 14.4 Å². The Balaban J connectivity index is 4.15. The van der Waals surface area contributed by atoms with Gasteiger partial charge >= 0.3 is 23.9 Å². The van der Waals surface area contributed by atoms with Crippen molar-refractivity contribution in [3.05, 3.63) is 0 Å². The summed E-state index contributed by atoms with van der Waals surface area (Å²) in [4.78, 5) is 104. The second kappa shape index (κ2) is 24.9. The van der Waals surface area contributed by atoms with Crippen molar-refractivity contribution in [2.45, 2.75) is 102 Å². The molecular formula is C30H46N2O15. The van der Waals surface area contributed by atoms with Gasteiger partial charge in [0.1, 0.15) is 30.3 Å². The van der Waals surface area contributed by atoms with Crippen LogP contribution < -0.4 is 10.6 Å². The summed E-state index contributed by atoms with van der Waals surface area (Å²) in [5, 5.41) is 40.9. The molecule has 0 saturated heterocycles. The lowest BCUT2D eigenvalue weighted by atomic mass is 9.95. The normalized spacial score (nSPS) is 12.7. The van der Waals surface area contributed by atoms with Gasteiger partial charge in [0.2, 0.25) is 17.6 Å². The molecule has 0 aliphatic carbocycles. The first-order valence-corrected chi connectivity index (χ1v) is 15.4. The number of amides is 2. The summed E-state index contributed by atoms with van der Waals surface area (Å²) in [5.41, 5.74) is 0. The number of nitrogens with one attached hydrogen (secondary N) is 2. The predicted octanol–water partition coefficient (Wildman–Crippen LogP) is 0.742. The van der Waals surface area contributed by atoms with Crippen LogP contribution in [0.25, 0.3) is 0 Å². The third-order valence-electron chi connectivity index (χ3n) is 6.80. The standard InChI is InChI=1S/C30H46N2O15/c1-2-6-19(27(38)39)17-21(34)11-13-23(29(42)43)32-26(37)18-47-16-15-46-14-5-7-20(33)10-12-22(28(40)41)31-25(36)9-4-3-8-24(35)30(44)45/h19,22-23H,2-18H2,1H3,(H,31,36)(H,32,37)(H,38,39)(H,40,41)(H,42,43)(H,44,45)/t19?,22-,23-/m0/s1. The monoisotopic (exact) mass is 674 g/mol. The Hall–Kier alpha value is -4.25. The van der Waals surface area contributed by atoms with Gasteiger partial charge in [-0.2, -0.15) is 0 Å². The number of hydrogen-bond donors (Lipinski definition) is 6. The number of carbonyl (C=O) groups is 9. The smallest absolute Gasteiger partial charge is 0.372 e. The van der Waals surface area contributed by atoms with Crippen molar-refractivity contribution in [2.24, 2.45) is 5.92 Å². The molecule has 0 radical (unpaired) electrons. The summed E-state index contributed by atoms with van der Waals surface area (Å²) in [6.45, 7) is 1.54. The van der Waals surface area contributed by atoms with Crippen LogP contribution in [0.3, 0.4) is 0 Å². The highest BCUT2D eigenvalue weighted by atomic mass is 16.5. The van der Waals surface area contributed by atoms with E-state index >= 15 is 0 Å². The minimum absolute atomic E-state index is 0.0124. The summed E-state index contributed by atoms with van der Waals surface area (Å²) in [5.74, 6) is -9.09. The van der Waals surface area contributed by atoms with Crippen molar-refractivity contribution in [1.82, 2.24) is 10.6 Å². The number of Topliss-reactive ketones (excluding diaryl/α,β-unsaturated/α-hetero) is 3. The third-order valence-corrected chi connectivity index (χ3v) is 6.80. The molecule has 0 aliphatic heterocycles. The molecule has 0 bridgehead atoms. The molecule has 0 rings (SSSR count). The van der Waals surface area contributed by atoms with Gasteiger partial charge in [-0.1, -0.05) is 13.3 Å². The molecular weight excluding hydrogens is 628 g/mol. The van der Waals surface area contributed by atoms with Gasteiger partial charge in [0.15, 0.2) is 0 Å². The van der Waals surface area contributed by atoms with Crippen LogP contribution in [0.1, 0.15) is 90.4 Å². The largest absolute Gasteiger partial charge is 0.481 e. The molecule has 3 atom stereocenters. The molecule has 17 nitrogen and oxygen atoms in total. The van der Waals surface area contributed by atoms with E-state index in [0.29, 0.717) is 19.3 Å². The minimum Gasteiger partial charge on any atom is -0.481 e. The molecule has 0 aromatic carbocycles. The number of carbonyl (C=O) groups excluding carboxylic acids is 5. The Labute approximate surface area is 271 Å². The van der Waals surface area contributed by atoms with Gasteiger partial charge in [0.25, 0.3) is 0 Å². The Morgan fingerprint density at radius 3 is 1.68 bits per heavy atom. The maximum absolute atomic E-state index is 12.1. The number of carboxylic acid groups (broad SMARTS) is 4. The average molecular weight is 675 g/mol. The van der Waals surface area contributed by atoms with Gasteiger partial charge in [-0.15, -0.1) is 0 Å². The molecule has 0 saturated carbocycles. The van der Waals surface area contributed by atoms with E-state index in [1.165, 1.54) is 0 Å². The number of carboxylic acids is 4. The van der Waals surface area contributed by atoms with Crippen molar-refractivity contribution in [2.75, 3.05) is 26.4 Å². The zero-order valence-corrected chi connectivity index (χ0v) is 26.5. The SMILES string of the molecule is CCCC(CC(=O)CC[C@H](NC(=O)COCCOCCCC(=O)CC[C@H](NC(=O)CCCCC(=O)C(=O)O)C(=O)O)C(=O)O)C(=O)O. The van der Waals surface area contributed by atoms with Gasteiger partial charge in [-0.05, 0) is 38.5 Å². The van der Waals surface area contributed by atoms with Crippen LogP contribution in [0.15, 0.2) is 0 Å². The Morgan fingerprint density at radius 1 is 0.574 bits per heavy atom. The first-order valence-electron chi connectivity index (χ1n) is 15.4. The van der Waals surface area contributed by atoms with E-state index in [-0.39, 0.29) is 89.8 Å². The first-order chi connectivity index (χ1) is 22.2. The maximum Gasteiger partial charge on any atom is 0.372 e. The van der Waals surface area contributed by atoms with E-state index in [0.717, 1.165) is 0 Å². The van der Waals surface area contributed by atoms with E-state index in [1.54, 1.807) is 6.92 Å². The highest BCUT2D eigenvalue weighted by Crippen LogP contribution is 2.14. The predicted molar refractivity (Wildman–Crippen MR) is 160 cm³/mol. The summed E-state index contributed by atoms with van der Waals surface area (Å²) in [6, 6.07) is -2.64. The molecule has 17 heteroatoms. The highest BCUT2D eigenvalue weighted by molar-refractivity contribution is 6.32. The van der Waals surface area contributed by atoms with Gasteiger partial charge in [-0.3, -0.25) is 28.8 Å². The number of ketones is 3. The van der Waals surface area contributed by atoms with E-state index in [2.05, 4.69) is 10.6 Å². The Morgan fingerprint density at radius 2 is 1.13 bits per heavy atom. The van der Waals surface area contributed by atoms with E-state index in [4.69, 9.17) is 19.7 Å². The Kier molecular flexibility index (Phi) is 22.7. The average Bonchev–Trinajstić information content (AvgIpc) is 2.99. The van der Waals surface area contributed by atoms with E-state index in [9.17, 15) is 53.4 Å². The highest BCUT2D eigenvalue weighted by Gasteiger charge is 2.24. The summed E-state index contributed by atoms with van der Waals surface area (Å²) in [6.07, 6.45) is 0.508. The quantitative estimate of drug-likeness (QED) is 0.0453. The van der Waals surface area contributed by atoms with Crippen molar-refractivity contribution in [1.29, 1.82) is 0 Å². The molecule has 0 fully saturated rings. The number of hydrogen-bond acceptors (Lipinski definition) is 11. The fraction of sp³-hybridized carbons (Fsp3) is 0.700. The van der Waals surface area contributed by atoms with Crippen LogP contribution in [0, 0.1) is 5.92 Å². The van der Waals surface area contributed by atoms with E-state index < -0.39 is 71.9 Å². The van der Waals surface area contributed by atoms with Crippen LogP contribution in [0.5, 0.6) is 0 Å². The number of ether oxygens (including phenoxy) is 2. The summed E-state index contributed by atoms with van der Waals surface area (Å²) in [7, 11) is 0. The topological polar surface area (TPSA) is 277 Å². The molecule has 0 aliphatic rings. The first kappa shape index (κ1) is 42.8. The van der Waals surface area contributed by atoms with Crippen molar-refractivity contribution in [3.8, 4) is 0 Å². The third kappa shape index (κ3) is 22.0. The van der Waals surface area contributed by atoms with Crippen LogP contribution in [0.2, 0.25) is 0 Å². The lowest BCUT2D eigenvalue weighted by molar-refractivity contribution is -0.149. The summed E-state index contributed by atoms with van der Waals surface area (Å²) < 4.78 is 10.5. The molecule has 0 aromatic heterocycles. The van der Waals surface area contributed by atoms with Gasteiger partial charge < -0.3 is 40.5 Å². The molecule has 0 heterocycles. The molecule has 6 N–H and O–H groups in total. The molecule has 1 unspecified atom stereocenters. The van der Waals surface area contributed by atoms with E-state index in [1.807, 2.05) is 0 Å². The Bertz CT molecular complexity index is 1090. The lowest BCUT2D eigenvalue weighted by Crippen LogP contribution is -2.42. The van der Waals surface area contributed by atoms with Crippen LogP contribution in [-0.2, 0) is 52.6 Å². The van der Waals surface area contributed by atoms with Crippen molar-refractivity contribution in [3.63, 3.8) is 0 Å². The summed E-state index contributed by atoms with van der Waals surface area (Å²) >= 11 is 0. The van der Waals surface area contributed by atoms with Crippen LogP contribution >= 0.6 is 0 Å². The van der Waals surface area contributed by atoms with Gasteiger partial charge in [0, 0.05) is 45.1 Å². The molecule has 2 amide bonds. The molecule has 0 aromatic rings. The molecule has 266 valence electrons. The fourth-order valence-corrected chi connectivity index (χ4v) is 4.23. The van der Waals surface area contributed by atoms with Gasteiger partial charge in [0.05, 0.1) is 19.1 Å².